The van der Waals surface area contributed by atoms with Crippen LogP contribution in [0, 0.1) is 11.8 Å². The van der Waals surface area contributed by atoms with Gasteiger partial charge in [-0.25, -0.2) is 4.68 Å². The van der Waals surface area contributed by atoms with Crippen LogP contribution < -0.4 is 16.2 Å². The summed E-state index contributed by atoms with van der Waals surface area (Å²) in [4.78, 5) is 14.0. The number of aryl methyl sites for hydroxylation is 1. The molecule has 0 radical (unpaired) electrons. The minimum absolute atomic E-state index is 0.238. The smallest absolute Gasteiger partial charge is 0.287 e. The molecule has 2 fully saturated rings. The first-order valence-electron chi connectivity index (χ1n) is 6.80. The molecule has 0 spiro atoms. The fraction of sp³-hybridized carbons (Fsp3) is 0.692. The maximum Gasteiger partial charge on any atom is 0.287 e. The molecule has 5 nitrogen and oxygen atoms in total. The van der Waals surface area contributed by atoms with E-state index in [-0.39, 0.29) is 16.6 Å². The number of nitrogens with zero attached hydrogens (tertiary/aromatic N) is 3. The van der Waals surface area contributed by atoms with Crippen LogP contribution >= 0.6 is 11.6 Å². The zero-order valence-electron chi connectivity index (χ0n) is 11.1. The standard InChI is InChI=1S/C13H19ClN4O/c1-17-13(19)12(14)11(5-16-17)18-6-8-3-2-4-10(15)9(8)7-18/h5,8-10H,2-4,6-7,15H2,1H3. The van der Waals surface area contributed by atoms with Crippen LogP contribution in [0.15, 0.2) is 11.0 Å². The normalized spacial score (nSPS) is 30.5. The summed E-state index contributed by atoms with van der Waals surface area (Å²) in [6.07, 6.45) is 5.23. The van der Waals surface area contributed by atoms with Crippen molar-refractivity contribution in [3.05, 3.63) is 21.6 Å². The van der Waals surface area contributed by atoms with Crippen LogP contribution in [0.4, 0.5) is 5.69 Å². The lowest BCUT2D eigenvalue weighted by Crippen LogP contribution is -2.38. The number of hydrogen-bond acceptors (Lipinski definition) is 4. The minimum atomic E-state index is -0.238. The number of halogens is 1. The molecule has 2 aliphatic rings. The molecular weight excluding hydrogens is 264 g/mol. The molecule has 3 unspecified atom stereocenters. The number of hydrogen-bond donors (Lipinski definition) is 1. The Morgan fingerprint density at radius 1 is 1.42 bits per heavy atom. The van der Waals surface area contributed by atoms with Crippen molar-refractivity contribution >= 4 is 17.3 Å². The average Bonchev–Trinajstić information content (AvgIpc) is 2.81. The van der Waals surface area contributed by atoms with Gasteiger partial charge in [0.05, 0.1) is 11.9 Å². The molecule has 104 valence electrons. The van der Waals surface area contributed by atoms with Crippen LogP contribution in [0.25, 0.3) is 0 Å². The molecule has 1 aromatic heterocycles. The summed E-state index contributed by atoms with van der Waals surface area (Å²) in [7, 11) is 1.61. The number of rotatable bonds is 1. The highest BCUT2D eigenvalue weighted by molar-refractivity contribution is 6.33. The Bertz CT molecular complexity index is 544. The van der Waals surface area contributed by atoms with E-state index in [4.69, 9.17) is 17.3 Å². The lowest BCUT2D eigenvalue weighted by Gasteiger charge is -2.29. The second-order valence-corrected chi connectivity index (χ2v) is 6.07. The summed E-state index contributed by atoms with van der Waals surface area (Å²) in [6, 6.07) is 0.280. The van der Waals surface area contributed by atoms with E-state index in [1.54, 1.807) is 13.2 Å². The lowest BCUT2D eigenvalue weighted by atomic mass is 9.78. The quantitative estimate of drug-likeness (QED) is 0.835. The van der Waals surface area contributed by atoms with Crippen LogP contribution in [0.2, 0.25) is 5.02 Å². The van der Waals surface area contributed by atoms with Gasteiger partial charge in [0.1, 0.15) is 5.02 Å². The van der Waals surface area contributed by atoms with Gasteiger partial charge in [-0.3, -0.25) is 4.79 Å². The van der Waals surface area contributed by atoms with E-state index in [0.29, 0.717) is 11.8 Å². The van der Waals surface area contributed by atoms with Crippen molar-refractivity contribution in [3.63, 3.8) is 0 Å². The predicted molar refractivity (Wildman–Crippen MR) is 75.5 cm³/mol. The van der Waals surface area contributed by atoms with Gasteiger partial charge in [0.2, 0.25) is 0 Å². The molecular formula is C13H19ClN4O. The monoisotopic (exact) mass is 282 g/mol. The highest BCUT2D eigenvalue weighted by Crippen LogP contribution is 2.38. The van der Waals surface area contributed by atoms with Crippen molar-refractivity contribution in [2.45, 2.75) is 25.3 Å². The van der Waals surface area contributed by atoms with E-state index < -0.39 is 0 Å². The number of fused-ring (bicyclic) bond motifs is 1. The van der Waals surface area contributed by atoms with Crippen molar-refractivity contribution in [1.29, 1.82) is 0 Å². The second-order valence-electron chi connectivity index (χ2n) is 5.70. The van der Waals surface area contributed by atoms with Gasteiger partial charge in [0, 0.05) is 26.2 Å². The second kappa shape index (κ2) is 4.80. The van der Waals surface area contributed by atoms with Crippen LogP contribution in [0.3, 0.4) is 0 Å². The van der Waals surface area contributed by atoms with Crippen molar-refractivity contribution in [2.75, 3.05) is 18.0 Å². The molecule has 2 heterocycles. The first-order valence-corrected chi connectivity index (χ1v) is 7.18. The molecule has 1 aliphatic heterocycles. The summed E-state index contributed by atoms with van der Waals surface area (Å²) in [5.74, 6) is 1.15. The van der Waals surface area contributed by atoms with Crippen molar-refractivity contribution in [1.82, 2.24) is 9.78 Å². The molecule has 6 heteroatoms. The topological polar surface area (TPSA) is 64.2 Å². The molecule has 1 aliphatic carbocycles. The molecule has 1 saturated heterocycles. The number of aromatic nitrogens is 2. The van der Waals surface area contributed by atoms with E-state index >= 15 is 0 Å². The third-order valence-corrected chi connectivity index (χ3v) is 4.91. The van der Waals surface area contributed by atoms with Gasteiger partial charge in [0.15, 0.2) is 0 Å². The van der Waals surface area contributed by atoms with Gasteiger partial charge in [-0.15, -0.1) is 0 Å². The molecule has 19 heavy (non-hydrogen) atoms. The predicted octanol–water partition coefficient (Wildman–Crippen LogP) is 0.997. The van der Waals surface area contributed by atoms with Crippen LogP contribution in [0.5, 0.6) is 0 Å². The summed E-state index contributed by atoms with van der Waals surface area (Å²) >= 11 is 6.17. The molecule has 0 amide bonds. The van der Waals surface area contributed by atoms with Gasteiger partial charge in [-0.2, -0.15) is 5.10 Å². The average molecular weight is 283 g/mol. The van der Waals surface area contributed by atoms with E-state index in [0.717, 1.165) is 25.2 Å². The summed E-state index contributed by atoms with van der Waals surface area (Å²) in [5, 5.41) is 4.34. The van der Waals surface area contributed by atoms with E-state index in [9.17, 15) is 4.79 Å². The van der Waals surface area contributed by atoms with Gasteiger partial charge < -0.3 is 10.6 Å². The Morgan fingerprint density at radius 2 is 2.21 bits per heavy atom. The molecule has 3 rings (SSSR count). The van der Waals surface area contributed by atoms with E-state index in [1.807, 2.05) is 0 Å². The Labute approximate surface area is 117 Å². The third kappa shape index (κ3) is 2.15. The fourth-order valence-electron chi connectivity index (χ4n) is 3.44. The van der Waals surface area contributed by atoms with Crippen LogP contribution in [-0.4, -0.2) is 28.9 Å². The van der Waals surface area contributed by atoms with Crippen molar-refractivity contribution in [3.8, 4) is 0 Å². The van der Waals surface area contributed by atoms with Gasteiger partial charge in [-0.1, -0.05) is 18.0 Å². The van der Waals surface area contributed by atoms with Gasteiger partial charge in [-0.05, 0) is 24.7 Å². The highest BCUT2D eigenvalue weighted by Gasteiger charge is 2.39. The van der Waals surface area contributed by atoms with Crippen LogP contribution in [-0.2, 0) is 7.05 Å². The Morgan fingerprint density at radius 3 is 2.95 bits per heavy atom. The first-order chi connectivity index (χ1) is 9.08. The highest BCUT2D eigenvalue weighted by atomic mass is 35.5. The van der Waals surface area contributed by atoms with Gasteiger partial charge >= 0.3 is 0 Å². The lowest BCUT2D eigenvalue weighted by molar-refractivity contribution is 0.260. The molecule has 0 bridgehead atoms. The molecule has 2 N–H and O–H groups in total. The summed E-state index contributed by atoms with van der Waals surface area (Å²) in [5.41, 5.74) is 6.73. The van der Waals surface area contributed by atoms with Crippen molar-refractivity contribution in [2.24, 2.45) is 24.6 Å². The Balaban J connectivity index is 1.89. The molecule has 0 aromatic carbocycles. The molecule has 1 saturated carbocycles. The largest absolute Gasteiger partial charge is 0.368 e. The fourth-order valence-corrected chi connectivity index (χ4v) is 3.73. The maximum absolute atomic E-state index is 11.8. The summed E-state index contributed by atoms with van der Waals surface area (Å²) < 4.78 is 1.26. The van der Waals surface area contributed by atoms with Gasteiger partial charge in [0.25, 0.3) is 5.56 Å². The minimum Gasteiger partial charge on any atom is -0.368 e. The van der Waals surface area contributed by atoms with E-state index in [1.165, 1.54) is 17.5 Å². The van der Waals surface area contributed by atoms with Crippen molar-refractivity contribution < 1.29 is 0 Å². The Hall–Kier alpha value is -1.07. The third-order valence-electron chi connectivity index (χ3n) is 4.55. The zero-order valence-corrected chi connectivity index (χ0v) is 11.8. The zero-order chi connectivity index (χ0) is 13.6. The molecule has 3 atom stereocenters. The summed E-state index contributed by atoms with van der Waals surface area (Å²) in [6.45, 7) is 1.83. The number of anilines is 1. The SMILES string of the molecule is Cn1ncc(N2CC3CCCC(N)C3C2)c(Cl)c1=O. The first kappa shape index (κ1) is 12.9. The molecule has 1 aromatic rings. The van der Waals surface area contributed by atoms with E-state index in [2.05, 4.69) is 10.00 Å². The Kier molecular flexibility index (Phi) is 3.27. The van der Waals surface area contributed by atoms with Crippen LogP contribution in [0.1, 0.15) is 19.3 Å². The maximum atomic E-state index is 11.8. The number of nitrogens with two attached hydrogens (primary N) is 1.